The maximum Gasteiger partial charge on any atom is 0.329 e. The molecule has 1 atom stereocenters. The summed E-state index contributed by atoms with van der Waals surface area (Å²) in [5.74, 6) is -1.20. The van der Waals surface area contributed by atoms with Gasteiger partial charge >= 0.3 is 5.97 Å². The third-order valence-corrected chi connectivity index (χ3v) is 4.35. The van der Waals surface area contributed by atoms with E-state index in [9.17, 15) is 14.4 Å². The maximum atomic E-state index is 12.4. The van der Waals surface area contributed by atoms with E-state index < -0.39 is 17.9 Å². The zero-order chi connectivity index (χ0) is 20.4. The first kappa shape index (κ1) is 23.0. The second-order valence-electron chi connectivity index (χ2n) is 6.85. The number of benzene rings is 1. The number of nitrogens with one attached hydrogen (secondary N) is 2. The van der Waals surface area contributed by atoms with Gasteiger partial charge in [-0.2, -0.15) is 0 Å². The minimum Gasteiger partial charge on any atom is -0.454 e. The Bertz CT molecular complexity index is 627. The SMILES string of the molecule is CCC(CC)NC(=O)COC(=O)[C@H](CC(C)C)NC(=O)c1ccc(Cl)cc1. The smallest absolute Gasteiger partial charge is 0.329 e. The monoisotopic (exact) mass is 396 g/mol. The van der Waals surface area contributed by atoms with Crippen LogP contribution >= 0.6 is 11.6 Å². The van der Waals surface area contributed by atoms with Crippen LogP contribution < -0.4 is 10.6 Å². The molecule has 0 aromatic heterocycles. The van der Waals surface area contributed by atoms with E-state index in [1.807, 2.05) is 27.7 Å². The highest BCUT2D eigenvalue weighted by atomic mass is 35.5. The van der Waals surface area contributed by atoms with Crippen molar-refractivity contribution in [3.63, 3.8) is 0 Å². The van der Waals surface area contributed by atoms with Crippen LogP contribution in [0.4, 0.5) is 0 Å². The highest BCUT2D eigenvalue weighted by Crippen LogP contribution is 2.11. The fourth-order valence-electron chi connectivity index (χ4n) is 2.53. The number of esters is 1. The summed E-state index contributed by atoms with van der Waals surface area (Å²) in [5.41, 5.74) is 0.396. The van der Waals surface area contributed by atoms with Crippen molar-refractivity contribution in [1.29, 1.82) is 0 Å². The summed E-state index contributed by atoms with van der Waals surface area (Å²) in [6, 6.07) is 5.61. The summed E-state index contributed by atoms with van der Waals surface area (Å²) in [6.07, 6.45) is 2.03. The van der Waals surface area contributed by atoms with E-state index in [4.69, 9.17) is 16.3 Å². The molecule has 0 heterocycles. The predicted octanol–water partition coefficient (Wildman–Crippen LogP) is 3.33. The molecule has 0 aliphatic heterocycles. The lowest BCUT2D eigenvalue weighted by molar-refractivity contribution is -0.151. The number of carbonyl (C=O) groups excluding carboxylic acids is 3. The molecule has 0 saturated heterocycles. The summed E-state index contributed by atoms with van der Waals surface area (Å²) >= 11 is 5.83. The normalized spacial score (nSPS) is 12.0. The van der Waals surface area contributed by atoms with Gasteiger partial charge in [-0.15, -0.1) is 0 Å². The average molecular weight is 397 g/mol. The Balaban J connectivity index is 2.66. The highest BCUT2D eigenvalue weighted by molar-refractivity contribution is 6.30. The van der Waals surface area contributed by atoms with E-state index in [0.29, 0.717) is 17.0 Å². The van der Waals surface area contributed by atoms with Gasteiger partial charge in [0.15, 0.2) is 6.61 Å². The third kappa shape index (κ3) is 8.43. The van der Waals surface area contributed by atoms with Crippen molar-refractivity contribution < 1.29 is 19.1 Å². The van der Waals surface area contributed by atoms with Gasteiger partial charge in [-0.05, 0) is 49.4 Å². The number of amides is 2. The minimum absolute atomic E-state index is 0.0623. The van der Waals surface area contributed by atoms with E-state index in [0.717, 1.165) is 12.8 Å². The summed E-state index contributed by atoms with van der Waals surface area (Å²) in [7, 11) is 0. The fraction of sp³-hybridized carbons (Fsp3) is 0.550. The van der Waals surface area contributed by atoms with Crippen LogP contribution in [0.1, 0.15) is 57.3 Å². The Morgan fingerprint density at radius 3 is 2.15 bits per heavy atom. The van der Waals surface area contributed by atoms with Gasteiger partial charge in [0.1, 0.15) is 6.04 Å². The van der Waals surface area contributed by atoms with Crippen LogP contribution in [-0.2, 0) is 14.3 Å². The van der Waals surface area contributed by atoms with Gasteiger partial charge in [0.05, 0.1) is 0 Å². The molecule has 27 heavy (non-hydrogen) atoms. The third-order valence-electron chi connectivity index (χ3n) is 4.10. The number of hydrogen-bond donors (Lipinski definition) is 2. The number of rotatable bonds is 10. The molecule has 2 amide bonds. The van der Waals surface area contributed by atoms with Crippen molar-refractivity contribution in [2.45, 2.75) is 59.0 Å². The van der Waals surface area contributed by atoms with Crippen LogP contribution in [0.3, 0.4) is 0 Å². The Kier molecular flexibility index (Phi) is 9.86. The molecule has 0 radical (unpaired) electrons. The van der Waals surface area contributed by atoms with Crippen LogP contribution in [-0.4, -0.2) is 36.5 Å². The molecule has 0 fully saturated rings. The van der Waals surface area contributed by atoms with E-state index in [1.54, 1.807) is 24.3 Å². The zero-order valence-corrected chi connectivity index (χ0v) is 17.1. The molecule has 7 heteroatoms. The van der Waals surface area contributed by atoms with Crippen molar-refractivity contribution >= 4 is 29.4 Å². The first-order valence-electron chi connectivity index (χ1n) is 9.29. The molecule has 0 saturated carbocycles. The lowest BCUT2D eigenvalue weighted by atomic mass is 10.0. The topological polar surface area (TPSA) is 84.5 Å². The zero-order valence-electron chi connectivity index (χ0n) is 16.4. The molecule has 0 spiro atoms. The first-order chi connectivity index (χ1) is 12.8. The Morgan fingerprint density at radius 1 is 1.04 bits per heavy atom. The maximum absolute atomic E-state index is 12.4. The molecule has 150 valence electrons. The summed E-state index contributed by atoms with van der Waals surface area (Å²) in [4.78, 5) is 36.7. The quantitative estimate of drug-likeness (QED) is 0.594. The predicted molar refractivity (Wildman–Crippen MR) is 106 cm³/mol. The van der Waals surface area contributed by atoms with Crippen LogP contribution in [0.25, 0.3) is 0 Å². The van der Waals surface area contributed by atoms with Crippen molar-refractivity contribution in [2.24, 2.45) is 5.92 Å². The lowest BCUT2D eigenvalue weighted by Crippen LogP contribution is -2.44. The van der Waals surface area contributed by atoms with E-state index in [-0.39, 0.29) is 24.5 Å². The molecule has 1 aromatic rings. The van der Waals surface area contributed by atoms with Gasteiger partial charge in [0.25, 0.3) is 11.8 Å². The lowest BCUT2D eigenvalue weighted by Gasteiger charge is -2.20. The largest absolute Gasteiger partial charge is 0.454 e. The van der Waals surface area contributed by atoms with Crippen LogP contribution in [0.15, 0.2) is 24.3 Å². The van der Waals surface area contributed by atoms with Gasteiger partial charge in [-0.1, -0.05) is 39.3 Å². The summed E-state index contributed by atoms with van der Waals surface area (Å²) in [5, 5.41) is 6.01. The van der Waals surface area contributed by atoms with Gasteiger partial charge in [0, 0.05) is 16.6 Å². The molecule has 6 nitrogen and oxygen atoms in total. The fourth-order valence-corrected chi connectivity index (χ4v) is 2.65. The van der Waals surface area contributed by atoms with Crippen LogP contribution in [0.2, 0.25) is 5.02 Å². The Labute approximate surface area is 166 Å². The number of carbonyl (C=O) groups is 3. The number of hydrogen-bond acceptors (Lipinski definition) is 4. The second-order valence-corrected chi connectivity index (χ2v) is 7.29. The highest BCUT2D eigenvalue weighted by Gasteiger charge is 2.25. The van der Waals surface area contributed by atoms with E-state index >= 15 is 0 Å². The second kappa shape index (κ2) is 11.6. The van der Waals surface area contributed by atoms with Crippen molar-refractivity contribution in [3.8, 4) is 0 Å². The molecule has 0 aliphatic rings. The van der Waals surface area contributed by atoms with Crippen LogP contribution in [0, 0.1) is 5.92 Å². The summed E-state index contributed by atoms with van der Waals surface area (Å²) in [6.45, 7) is 7.47. The van der Waals surface area contributed by atoms with E-state index in [1.165, 1.54) is 0 Å². The molecule has 0 bridgehead atoms. The number of halogens is 1. The molecule has 0 unspecified atom stereocenters. The van der Waals surface area contributed by atoms with Gasteiger partial charge < -0.3 is 15.4 Å². The molecule has 0 aliphatic carbocycles. The van der Waals surface area contributed by atoms with Crippen LogP contribution in [0.5, 0.6) is 0 Å². The van der Waals surface area contributed by atoms with Gasteiger partial charge in [0.2, 0.25) is 0 Å². The van der Waals surface area contributed by atoms with E-state index in [2.05, 4.69) is 10.6 Å². The van der Waals surface area contributed by atoms with Crippen molar-refractivity contribution in [3.05, 3.63) is 34.9 Å². The van der Waals surface area contributed by atoms with Gasteiger partial charge in [-0.25, -0.2) is 4.79 Å². The molecule has 1 rings (SSSR count). The standard InChI is InChI=1S/C20H29ClN2O4/c1-5-16(6-2)22-18(24)12-27-20(26)17(11-13(3)4)23-19(25)14-7-9-15(21)10-8-14/h7-10,13,16-17H,5-6,11-12H2,1-4H3,(H,22,24)(H,23,25)/t17-/m0/s1. The Morgan fingerprint density at radius 2 is 1.63 bits per heavy atom. The number of ether oxygens (including phenoxy) is 1. The molecular weight excluding hydrogens is 368 g/mol. The average Bonchev–Trinajstić information content (AvgIpc) is 2.63. The van der Waals surface area contributed by atoms with Gasteiger partial charge in [-0.3, -0.25) is 9.59 Å². The molecule has 1 aromatic carbocycles. The van der Waals surface area contributed by atoms with Crippen molar-refractivity contribution in [1.82, 2.24) is 10.6 Å². The first-order valence-corrected chi connectivity index (χ1v) is 9.66. The van der Waals surface area contributed by atoms with Crippen molar-refractivity contribution in [2.75, 3.05) is 6.61 Å². The molecule has 2 N–H and O–H groups in total. The minimum atomic E-state index is -0.825. The Hall–Kier alpha value is -2.08. The summed E-state index contributed by atoms with van der Waals surface area (Å²) < 4.78 is 5.13. The molecular formula is C20H29ClN2O4.